The maximum atomic E-state index is 5.76. The largest absolute Gasteiger partial charge is 0.492 e. The molecule has 1 fully saturated rings. The maximum absolute atomic E-state index is 5.76. The Morgan fingerprint density at radius 3 is 2.60 bits per heavy atom. The molecule has 0 heterocycles. The number of rotatable bonds is 8. The van der Waals surface area contributed by atoms with Crippen LogP contribution >= 0.6 is 12.2 Å². The lowest BCUT2D eigenvalue weighted by Gasteiger charge is -2.30. The molecule has 0 saturated heterocycles. The van der Waals surface area contributed by atoms with Crippen LogP contribution in [0.2, 0.25) is 0 Å². The van der Waals surface area contributed by atoms with Gasteiger partial charge in [-0.1, -0.05) is 30.8 Å². The predicted molar refractivity (Wildman–Crippen MR) is 87.3 cm³/mol. The quantitative estimate of drug-likeness (QED) is 0.748. The van der Waals surface area contributed by atoms with Crippen molar-refractivity contribution < 1.29 is 4.74 Å². The fourth-order valence-corrected chi connectivity index (χ4v) is 2.60. The molecule has 110 valence electrons. The number of thiocarbonyl (C=S) groups is 1. The van der Waals surface area contributed by atoms with Gasteiger partial charge >= 0.3 is 0 Å². The van der Waals surface area contributed by atoms with Gasteiger partial charge in [-0.2, -0.15) is 0 Å². The summed E-state index contributed by atoms with van der Waals surface area (Å²) in [6.45, 7) is 2.92. The normalized spacial score (nSPS) is 15.1. The lowest BCUT2D eigenvalue weighted by atomic mass is 9.85. The molecule has 4 heteroatoms. The Balaban J connectivity index is 1.66. The summed E-state index contributed by atoms with van der Waals surface area (Å²) in [5, 5.41) is 0. The molecule has 0 bridgehead atoms. The fraction of sp³-hybridized carbons (Fsp3) is 0.562. The van der Waals surface area contributed by atoms with Crippen LogP contribution in [0.3, 0.4) is 0 Å². The smallest absolute Gasteiger partial charge is 0.119 e. The van der Waals surface area contributed by atoms with Crippen molar-refractivity contribution >= 4 is 17.2 Å². The summed E-state index contributed by atoms with van der Waals surface area (Å²) < 4.78 is 5.76. The Kier molecular flexibility index (Phi) is 5.80. The highest BCUT2D eigenvalue weighted by atomic mass is 32.1. The van der Waals surface area contributed by atoms with Gasteiger partial charge in [0.05, 0.1) is 4.99 Å². The number of hydrogen-bond donors (Lipinski definition) is 1. The van der Waals surface area contributed by atoms with Crippen molar-refractivity contribution in [3.8, 4) is 5.75 Å². The van der Waals surface area contributed by atoms with Gasteiger partial charge in [0.25, 0.3) is 0 Å². The van der Waals surface area contributed by atoms with E-state index in [0.717, 1.165) is 30.4 Å². The number of nitrogens with zero attached hydrogens (tertiary/aromatic N) is 1. The Bertz CT molecular complexity index is 429. The van der Waals surface area contributed by atoms with Crippen molar-refractivity contribution in [2.45, 2.75) is 25.7 Å². The van der Waals surface area contributed by atoms with Crippen LogP contribution in [0.1, 0.15) is 24.8 Å². The molecule has 0 unspecified atom stereocenters. The second-order valence-electron chi connectivity index (χ2n) is 5.69. The van der Waals surface area contributed by atoms with Gasteiger partial charge in [0.15, 0.2) is 0 Å². The first-order valence-corrected chi connectivity index (χ1v) is 7.73. The first kappa shape index (κ1) is 15.3. The fourth-order valence-electron chi connectivity index (χ4n) is 2.43. The zero-order valence-corrected chi connectivity index (χ0v) is 13.0. The van der Waals surface area contributed by atoms with Gasteiger partial charge in [-0.05, 0) is 43.5 Å². The zero-order valence-electron chi connectivity index (χ0n) is 12.2. The molecule has 1 aromatic carbocycles. The minimum atomic E-state index is 0.524. The Hall–Kier alpha value is -1.13. The first-order valence-electron chi connectivity index (χ1n) is 7.32. The standard InChI is InChI=1S/C16H24N2OS/c1-18(12-14-3-2-4-14)9-10-19-15-7-5-13(6-8-15)11-16(17)20/h5-8,14H,2-4,9-12H2,1H3,(H2,17,20). The lowest BCUT2D eigenvalue weighted by Crippen LogP contribution is -2.32. The number of hydrogen-bond acceptors (Lipinski definition) is 3. The van der Waals surface area contributed by atoms with Crippen LogP contribution in [0, 0.1) is 5.92 Å². The van der Waals surface area contributed by atoms with Gasteiger partial charge in [-0.3, -0.25) is 0 Å². The summed E-state index contributed by atoms with van der Waals surface area (Å²) in [7, 11) is 2.17. The van der Waals surface area contributed by atoms with E-state index >= 15 is 0 Å². The molecule has 1 aliphatic rings. The molecule has 0 atom stereocenters. The van der Waals surface area contributed by atoms with Crippen molar-refractivity contribution in [1.82, 2.24) is 4.90 Å². The molecule has 1 aromatic rings. The average Bonchev–Trinajstić information content (AvgIpc) is 2.35. The van der Waals surface area contributed by atoms with Gasteiger partial charge in [-0.25, -0.2) is 0 Å². The van der Waals surface area contributed by atoms with Crippen LogP contribution in [0.15, 0.2) is 24.3 Å². The molecule has 2 N–H and O–H groups in total. The molecular formula is C16H24N2OS. The summed E-state index contributed by atoms with van der Waals surface area (Å²) >= 11 is 4.90. The molecular weight excluding hydrogens is 268 g/mol. The van der Waals surface area contributed by atoms with E-state index in [9.17, 15) is 0 Å². The molecule has 1 aliphatic carbocycles. The van der Waals surface area contributed by atoms with Crippen molar-refractivity contribution in [2.24, 2.45) is 11.7 Å². The number of likely N-dealkylation sites (N-methyl/N-ethyl adjacent to an activating group) is 1. The highest BCUT2D eigenvalue weighted by Crippen LogP contribution is 2.26. The molecule has 0 spiro atoms. The van der Waals surface area contributed by atoms with Crippen LogP contribution in [0.5, 0.6) is 5.75 Å². The topological polar surface area (TPSA) is 38.5 Å². The van der Waals surface area contributed by atoms with Crippen molar-refractivity contribution in [1.29, 1.82) is 0 Å². The Morgan fingerprint density at radius 2 is 2.05 bits per heavy atom. The van der Waals surface area contributed by atoms with Crippen LogP contribution in [0.25, 0.3) is 0 Å². The van der Waals surface area contributed by atoms with Crippen LogP contribution in [-0.2, 0) is 6.42 Å². The van der Waals surface area contributed by atoms with Gasteiger partial charge in [0.2, 0.25) is 0 Å². The molecule has 2 rings (SSSR count). The van der Waals surface area contributed by atoms with E-state index in [4.69, 9.17) is 22.7 Å². The second-order valence-corrected chi connectivity index (χ2v) is 6.22. The van der Waals surface area contributed by atoms with E-state index in [1.165, 1.54) is 25.8 Å². The van der Waals surface area contributed by atoms with Gasteiger partial charge in [0, 0.05) is 19.5 Å². The van der Waals surface area contributed by atoms with E-state index in [1.807, 2.05) is 24.3 Å². The molecule has 0 radical (unpaired) electrons. The Morgan fingerprint density at radius 1 is 1.35 bits per heavy atom. The number of benzene rings is 1. The van der Waals surface area contributed by atoms with Crippen molar-refractivity contribution in [2.75, 3.05) is 26.7 Å². The van der Waals surface area contributed by atoms with Gasteiger partial charge in [-0.15, -0.1) is 0 Å². The summed E-state index contributed by atoms with van der Waals surface area (Å²) in [6.07, 6.45) is 4.86. The zero-order chi connectivity index (χ0) is 14.4. The third-order valence-corrected chi connectivity index (χ3v) is 3.98. The molecule has 20 heavy (non-hydrogen) atoms. The van der Waals surface area contributed by atoms with Crippen molar-refractivity contribution in [3.05, 3.63) is 29.8 Å². The van der Waals surface area contributed by atoms with E-state index in [2.05, 4.69) is 11.9 Å². The molecule has 1 saturated carbocycles. The van der Waals surface area contributed by atoms with E-state index in [-0.39, 0.29) is 0 Å². The molecule has 0 aliphatic heterocycles. The highest BCUT2D eigenvalue weighted by Gasteiger charge is 2.18. The monoisotopic (exact) mass is 292 g/mol. The highest BCUT2D eigenvalue weighted by molar-refractivity contribution is 7.80. The molecule has 3 nitrogen and oxygen atoms in total. The first-order chi connectivity index (χ1) is 9.63. The summed E-state index contributed by atoms with van der Waals surface area (Å²) in [4.78, 5) is 2.89. The lowest BCUT2D eigenvalue weighted by molar-refractivity contribution is 0.177. The SMILES string of the molecule is CN(CCOc1ccc(CC(N)=S)cc1)CC1CCC1. The van der Waals surface area contributed by atoms with Gasteiger partial charge < -0.3 is 15.4 Å². The van der Waals surface area contributed by atoms with Crippen LogP contribution in [-0.4, -0.2) is 36.6 Å². The Labute approximate surface area is 127 Å². The molecule has 0 amide bonds. The molecule has 0 aromatic heterocycles. The maximum Gasteiger partial charge on any atom is 0.119 e. The predicted octanol–water partition coefficient (Wildman–Crippen LogP) is 2.63. The second kappa shape index (κ2) is 7.60. The van der Waals surface area contributed by atoms with E-state index < -0.39 is 0 Å². The number of ether oxygens (including phenoxy) is 1. The minimum Gasteiger partial charge on any atom is -0.492 e. The summed E-state index contributed by atoms with van der Waals surface area (Å²) in [5.41, 5.74) is 6.66. The average molecular weight is 292 g/mol. The van der Waals surface area contributed by atoms with Gasteiger partial charge in [0.1, 0.15) is 12.4 Å². The summed E-state index contributed by atoms with van der Waals surface area (Å²) in [6, 6.07) is 8.01. The third-order valence-electron chi connectivity index (χ3n) is 3.84. The van der Waals surface area contributed by atoms with Crippen molar-refractivity contribution in [3.63, 3.8) is 0 Å². The third kappa shape index (κ3) is 5.10. The summed E-state index contributed by atoms with van der Waals surface area (Å²) in [5.74, 6) is 1.83. The minimum absolute atomic E-state index is 0.524. The van der Waals surface area contributed by atoms with Crippen LogP contribution < -0.4 is 10.5 Å². The van der Waals surface area contributed by atoms with E-state index in [1.54, 1.807) is 0 Å². The van der Waals surface area contributed by atoms with E-state index in [0.29, 0.717) is 11.4 Å². The number of nitrogens with two attached hydrogens (primary N) is 1. The van der Waals surface area contributed by atoms with Crippen LogP contribution in [0.4, 0.5) is 0 Å².